The molecule has 1 aliphatic rings. The SMILES string of the molecule is CNCc1cn(CC(=O)NCC2CC2)c2cc(Cl)ccc12. The number of rotatable bonds is 6. The van der Waals surface area contributed by atoms with Crippen LogP contribution < -0.4 is 10.6 Å². The van der Waals surface area contributed by atoms with Crippen LogP contribution in [-0.2, 0) is 17.9 Å². The molecule has 0 radical (unpaired) electrons. The van der Waals surface area contributed by atoms with Crippen molar-refractivity contribution in [1.82, 2.24) is 15.2 Å². The van der Waals surface area contributed by atoms with Gasteiger partial charge in [-0.3, -0.25) is 4.79 Å². The van der Waals surface area contributed by atoms with Gasteiger partial charge in [0.05, 0.1) is 5.52 Å². The average molecular weight is 306 g/mol. The maximum atomic E-state index is 12.1. The lowest BCUT2D eigenvalue weighted by atomic mass is 10.2. The first-order chi connectivity index (χ1) is 10.2. The van der Waals surface area contributed by atoms with Gasteiger partial charge in [-0.15, -0.1) is 0 Å². The molecule has 1 aromatic carbocycles. The van der Waals surface area contributed by atoms with E-state index in [1.807, 2.05) is 36.0 Å². The molecule has 3 rings (SSSR count). The summed E-state index contributed by atoms with van der Waals surface area (Å²) in [5, 5.41) is 8.00. The van der Waals surface area contributed by atoms with Gasteiger partial charge in [0.1, 0.15) is 6.54 Å². The fourth-order valence-corrected chi connectivity index (χ4v) is 2.76. The van der Waals surface area contributed by atoms with E-state index in [9.17, 15) is 4.79 Å². The summed E-state index contributed by atoms with van der Waals surface area (Å²) in [4.78, 5) is 12.1. The molecule has 0 aliphatic heterocycles. The topological polar surface area (TPSA) is 46.1 Å². The van der Waals surface area contributed by atoms with Crippen molar-refractivity contribution in [3.05, 3.63) is 35.0 Å². The first-order valence-electron chi connectivity index (χ1n) is 7.36. The van der Waals surface area contributed by atoms with E-state index < -0.39 is 0 Å². The van der Waals surface area contributed by atoms with Crippen LogP contribution in [-0.4, -0.2) is 24.1 Å². The first kappa shape index (κ1) is 14.4. The van der Waals surface area contributed by atoms with Crippen molar-refractivity contribution >= 4 is 28.4 Å². The van der Waals surface area contributed by atoms with E-state index >= 15 is 0 Å². The molecule has 0 atom stereocenters. The number of hydrogen-bond donors (Lipinski definition) is 2. The standard InChI is InChI=1S/C16H20ClN3O/c1-18-8-12-9-20(10-16(21)19-7-11-2-3-11)15-6-13(17)4-5-14(12)15/h4-6,9,11,18H,2-3,7-8,10H2,1H3,(H,19,21). The molecule has 0 bridgehead atoms. The fourth-order valence-electron chi connectivity index (χ4n) is 2.59. The van der Waals surface area contributed by atoms with E-state index in [4.69, 9.17) is 11.6 Å². The predicted octanol–water partition coefficient (Wildman–Crippen LogP) is 2.54. The van der Waals surface area contributed by atoms with Crippen molar-refractivity contribution in [2.45, 2.75) is 25.9 Å². The highest BCUT2D eigenvalue weighted by atomic mass is 35.5. The Balaban J connectivity index is 1.82. The van der Waals surface area contributed by atoms with Crippen LogP contribution in [0.2, 0.25) is 5.02 Å². The molecule has 1 aromatic heterocycles. The molecule has 2 aromatic rings. The Labute approximate surface area is 129 Å². The summed E-state index contributed by atoms with van der Waals surface area (Å²) in [7, 11) is 1.92. The third kappa shape index (κ3) is 3.39. The predicted molar refractivity (Wildman–Crippen MR) is 85.4 cm³/mol. The van der Waals surface area contributed by atoms with Crippen LogP contribution in [0.25, 0.3) is 10.9 Å². The molecule has 0 spiro atoms. The van der Waals surface area contributed by atoms with Gasteiger partial charge in [0.15, 0.2) is 0 Å². The van der Waals surface area contributed by atoms with Crippen LogP contribution in [0.15, 0.2) is 24.4 Å². The van der Waals surface area contributed by atoms with Crippen molar-refractivity contribution in [1.29, 1.82) is 0 Å². The molecule has 1 amide bonds. The lowest BCUT2D eigenvalue weighted by molar-refractivity contribution is -0.121. The zero-order valence-electron chi connectivity index (χ0n) is 12.2. The molecule has 1 saturated carbocycles. The number of hydrogen-bond acceptors (Lipinski definition) is 2. The van der Waals surface area contributed by atoms with Gasteiger partial charge in [-0.1, -0.05) is 17.7 Å². The molecular weight excluding hydrogens is 286 g/mol. The van der Waals surface area contributed by atoms with Gasteiger partial charge >= 0.3 is 0 Å². The van der Waals surface area contributed by atoms with Crippen LogP contribution in [0, 0.1) is 5.92 Å². The molecule has 1 fully saturated rings. The summed E-state index contributed by atoms with van der Waals surface area (Å²) in [5.74, 6) is 0.763. The van der Waals surface area contributed by atoms with Crippen LogP contribution >= 0.6 is 11.6 Å². The summed E-state index contributed by atoms with van der Waals surface area (Å²) in [5.41, 5.74) is 2.19. The fraction of sp³-hybridized carbons (Fsp3) is 0.438. The molecule has 112 valence electrons. The normalized spacial score (nSPS) is 14.6. The zero-order chi connectivity index (χ0) is 14.8. The lowest BCUT2D eigenvalue weighted by Gasteiger charge is -2.07. The quantitative estimate of drug-likeness (QED) is 0.861. The molecule has 0 unspecified atom stereocenters. The number of carbonyl (C=O) groups excluding carboxylic acids is 1. The smallest absolute Gasteiger partial charge is 0.239 e. The van der Waals surface area contributed by atoms with E-state index in [-0.39, 0.29) is 5.91 Å². The summed E-state index contributed by atoms with van der Waals surface area (Å²) in [6.07, 6.45) is 4.53. The van der Waals surface area contributed by atoms with E-state index in [0.717, 1.165) is 24.0 Å². The van der Waals surface area contributed by atoms with Crippen molar-refractivity contribution in [2.24, 2.45) is 5.92 Å². The largest absolute Gasteiger partial charge is 0.354 e. The minimum atomic E-state index is 0.0646. The minimum Gasteiger partial charge on any atom is -0.354 e. The molecule has 0 saturated heterocycles. The highest BCUT2D eigenvalue weighted by Crippen LogP contribution is 2.28. The molecular formula is C16H20ClN3O. The Morgan fingerprint density at radius 1 is 1.43 bits per heavy atom. The number of nitrogens with one attached hydrogen (secondary N) is 2. The van der Waals surface area contributed by atoms with Crippen molar-refractivity contribution < 1.29 is 4.79 Å². The molecule has 4 nitrogen and oxygen atoms in total. The third-order valence-electron chi connectivity index (χ3n) is 3.89. The van der Waals surface area contributed by atoms with Gasteiger partial charge in [-0.05, 0) is 43.5 Å². The van der Waals surface area contributed by atoms with E-state index in [1.165, 1.54) is 18.4 Å². The van der Waals surface area contributed by atoms with Crippen LogP contribution in [0.4, 0.5) is 0 Å². The van der Waals surface area contributed by atoms with E-state index in [1.54, 1.807) is 0 Å². The Morgan fingerprint density at radius 3 is 2.95 bits per heavy atom. The highest BCUT2D eigenvalue weighted by molar-refractivity contribution is 6.31. The van der Waals surface area contributed by atoms with Gasteiger partial charge in [0.25, 0.3) is 0 Å². The summed E-state index contributed by atoms with van der Waals surface area (Å²) in [6.45, 7) is 1.92. The molecule has 2 N–H and O–H groups in total. The lowest BCUT2D eigenvalue weighted by Crippen LogP contribution is -2.29. The maximum absolute atomic E-state index is 12.1. The Morgan fingerprint density at radius 2 is 2.24 bits per heavy atom. The summed E-state index contributed by atoms with van der Waals surface area (Å²) < 4.78 is 1.98. The van der Waals surface area contributed by atoms with Crippen LogP contribution in [0.5, 0.6) is 0 Å². The Hall–Kier alpha value is -1.52. The van der Waals surface area contributed by atoms with Crippen molar-refractivity contribution in [2.75, 3.05) is 13.6 Å². The zero-order valence-corrected chi connectivity index (χ0v) is 12.9. The van der Waals surface area contributed by atoms with Gasteiger partial charge < -0.3 is 15.2 Å². The van der Waals surface area contributed by atoms with E-state index in [0.29, 0.717) is 17.5 Å². The van der Waals surface area contributed by atoms with Crippen LogP contribution in [0.1, 0.15) is 18.4 Å². The second-order valence-electron chi connectivity index (χ2n) is 5.72. The summed E-state index contributed by atoms with van der Waals surface area (Å²) in [6, 6.07) is 5.83. The van der Waals surface area contributed by atoms with Gasteiger partial charge in [0, 0.05) is 29.7 Å². The average Bonchev–Trinajstić information content (AvgIpc) is 3.23. The number of nitrogens with zero attached hydrogens (tertiary/aromatic N) is 1. The van der Waals surface area contributed by atoms with Crippen molar-refractivity contribution in [3.8, 4) is 0 Å². The Bertz CT molecular complexity index is 661. The second-order valence-corrected chi connectivity index (χ2v) is 6.16. The second kappa shape index (κ2) is 6.08. The number of carbonyl (C=O) groups is 1. The molecule has 1 heterocycles. The van der Waals surface area contributed by atoms with Gasteiger partial charge in [-0.25, -0.2) is 0 Å². The number of amides is 1. The van der Waals surface area contributed by atoms with E-state index in [2.05, 4.69) is 10.6 Å². The molecule has 1 aliphatic carbocycles. The van der Waals surface area contributed by atoms with Crippen LogP contribution in [0.3, 0.4) is 0 Å². The first-order valence-corrected chi connectivity index (χ1v) is 7.73. The van der Waals surface area contributed by atoms with Crippen molar-refractivity contribution in [3.63, 3.8) is 0 Å². The molecule has 21 heavy (non-hydrogen) atoms. The number of halogens is 1. The summed E-state index contributed by atoms with van der Waals surface area (Å²) >= 11 is 6.09. The number of benzene rings is 1. The minimum absolute atomic E-state index is 0.0646. The number of fused-ring (bicyclic) bond motifs is 1. The monoisotopic (exact) mass is 305 g/mol. The van der Waals surface area contributed by atoms with Gasteiger partial charge in [0.2, 0.25) is 5.91 Å². The van der Waals surface area contributed by atoms with Gasteiger partial charge in [-0.2, -0.15) is 0 Å². The maximum Gasteiger partial charge on any atom is 0.239 e. The third-order valence-corrected chi connectivity index (χ3v) is 4.13. The Kier molecular flexibility index (Phi) is 4.17. The molecule has 5 heteroatoms. The number of aromatic nitrogens is 1. The highest BCUT2D eigenvalue weighted by Gasteiger charge is 2.21.